The highest BCUT2D eigenvalue weighted by Gasteiger charge is 2.16. The van der Waals surface area contributed by atoms with Gasteiger partial charge in [-0.1, -0.05) is 18.2 Å². The molecule has 7 nitrogen and oxygen atoms in total. The Labute approximate surface area is 148 Å². The summed E-state index contributed by atoms with van der Waals surface area (Å²) < 4.78 is 10.5. The van der Waals surface area contributed by atoms with E-state index in [-0.39, 0.29) is 25.2 Å². The maximum absolute atomic E-state index is 12.2. The van der Waals surface area contributed by atoms with Gasteiger partial charge in [0.1, 0.15) is 0 Å². The largest absolute Gasteiger partial charge is 0.454 e. The fourth-order valence-electron chi connectivity index (χ4n) is 2.70. The van der Waals surface area contributed by atoms with Crippen LogP contribution in [-0.4, -0.2) is 30.1 Å². The SMILES string of the molecule is O=C(CNC(=O)c1ccc2c(c1)OCO2)Nc1cccc2cccnc12. The Bertz CT molecular complexity index is 998. The van der Waals surface area contributed by atoms with Crippen LogP contribution in [0.15, 0.2) is 54.7 Å². The minimum Gasteiger partial charge on any atom is -0.454 e. The molecule has 1 aromatic heterocycles. The lowest BCUT2D eigenvalue weighted by molar-refractivity contribution is -0.115. The van der Waals surface area contributed by atoms with Gasteiger partial charge in [-0.3, -0.25) is 14.6 Å². The van der Waals surface area contributed by atoms with E-state index in [1.54, 1.807) is 30.5 Å². The lowest BCUT2D eigenvalue weighted by Crippen LogP contribution is -2.32. The number of ether oxygens (including phenoxy) is 2. The molecule has 0 atom stereocenters. The van der Waals surface area contributed by atoms with Gasteiger partial charge < -0.3 is 20.1 Å². The van der Waals surface area contributed by atoms with Gasteiger partial charge in [0, 0.05) is 17.1 Å². The quantitative estimate of drug-likeness (QED) is 0.755. The van der Waals surface area contributed by atoms with Crippen LogP contribution in [0.1, 0.15) is 10.4 Å². The zero-order valence-corrected chi connectivity index (χ0v) is 13.7. The number of anilines is 1. The Hall–Kier alpha value is -3.61. The molecule has 2 N–H and O–H groups in total. The summed E-state index contributed by atoms with van der Waals surface area (Å²) in [7, 11) is 0. The van der Waals surface area contributed by atoms with E-state index in [0.717, 1.165) is 5.39 Å². The highest BCUT2D eigenvalue weighted by Crippen LogP contribution is 2.32. The fourth-order valence-corrected chi connectivity index (χ4v) is 2.70. The van der Waals surface area contributed by atoms with Gasteiger partial charge in [-0.15, -0.1) is 0 Å². The van der Waals surface area contributed by atoms with Gasteiger partial charge in [0.15, 0.2) is 11.5 Å². The van der Waals surface area contributed by atoms with Crippen LogP contribution in [0, 0.1) is 0 Å². The zero-order valence-electron chi connectivity index (χ0n) is 13.7. The molecular formula is C19H15N3O4. The van der Waals surface area contributed by atoms with Gasteiger partial charge >= 0.3 is 0 Å². The average Bonchev–Trinajstić information content (AvgIpc) is 3.14. The van der Waals surface area contributed by atoms with Crippen molar-refractivity contribution in [3.05, 3.63) is 60.3 Å². The summed E-state index contributed by atoms with van der Waals surface area (Å²) in [6.45, 7) is -0.0155. The van der Waals surface area contributed by atoms with Crippen LogP contribution in [-0.2, 0) is 4.79 Å². The summed E-state index contributed by atoms with van der Waals surface area (Å²) in [6.07, 6.45) is 1.67. The van der Waals surface area contributed by atoms with E-state index in [1.807, 2.05) is 24.3 Å². The second kappa shape index (κ2) is 6.72. The molecule has 130 valence electrons. The van der Waals surface area contributed by atoms with Crippen LogP contribution in [0.2, 0.25) is 0 Å². The van der Waals surface area contributed by atoms with Crippen LogP contribution >= 0.6 is 0 Å². The normalized spacial score (nSPS) is 12.0. The van der Waals surface area contributed by atoms with Gasteiger partial charge in [0.05, 0.1) is 17.7 Å². The van der Waals surface area contributed by atoms with E-state index in [4.69, 9.17) is 9.47 Å². The van der Waals surface area contributed by atoms with Crippen molar-refractivity contribution >= 4 is 28.4 Å². The maximum Gasteiger partial charge on any atom is 0.251 e. The standard InChI is InChI=1S/C19H15N3O4/c23-17(22-14-5-1-3-12-4-2-8-20-18(12)14)10-21-19(24)13-6-7-15-16(9-13)26-11-25-15/h1-9H,10-11H2,(H,21,24)(H,22,23). The smallest absolute Gasteiger partial charge is 0.251 e. The first-order chi connectivity index (χ1) is 12.7. The van der Waals surface area contributed by atoms with E-state index < -0.39 is 0 Å². The summed E-state index contributed by atoms with van der Waals surface area (Å²) in [4.78, 5) is 28.7. The summed E-state index contributed by atoms with van der Waals surface area (Å²) in [5.74, 6) is 0.415. The molecule has 2 amide bonds. The Morgan fingerprint density at radius 1 is 1.04 bits per heavy atom. The van der Waals surface area contributed by atoms with Crippen molar-refractivity contribution in [2.45, 2.75) is 0 Å². The molecule has 1 aliphatic heterocycles. The fraction of sp³-hybridized carbons (Fsp3) is 0.105. The molecule has 0 unspecified atom stereocenters. The third-order valence-electron chi connectivity index (χ3n) is 3.95. The number of benzene rings is 2. The highest BCUT2D eigenvalue weighted by molar-refractivity contribution is 6.03. The first-order valence-electron chi connectivity index (χ1n) is 8.02. The Balaban J connectivity index is 1.40. The highest BCUT2D eigenvalue weighted by atomic mass is 16.7. The predicted octanol–water partition coefficient (Wildman–Crippen LogP) is 2.33. The molecule has 0 fully saturated rings. The van der Waals surface area contributed by atoms with Crippen LogP contribution in [0.3, 0.4) is 0 Å². The van der Waals surface area contributed by atoms with Crippen molar-refractivity contribution in [3.8, 4) is 11.5 Å². The van der Waals surface area contributed by atoms with Crippen LogP contribution in [0.5, 0.6) is 11.5 Å². The molecule has 0 aliphatic carbocycles. The minimum atomic E-state index is -0.366. The third kappa shape index (κ3) is 3.14. The van der Waals surface area contributed by atoms with Gasteiger partial charge in [0.25, 0.3) is 5.91 Å². The number of nitrogens with one attached hydrogen (secondary N) is 2. The van der Waals surface area contributed by atoms with E-state index >= 15 is 0 Å². The predicted molar refractivity (Wildman–Crippen MR) is 95.3 cm³/mol. The number of para-hydroxylation sites is 1. The molecule has 0 saturated heterocycles. The number of nitrogens with zero attached hydrogens (tertiary/aromatic N) is 1. The Morgan fingerprint density at radius 3 is 2.81 bits per heavy atom. The van der Waals surface area contributed by atoms with Crippen molar-refractivity contribution in [2.75, 3.05) is 18.7 Å². The third-order valence-corrected chi connectivity index (χ3v) is 3.95. The van der Waals surface area contributed by atoms with Crippen LogP contribution < -0.4 is 20.1 Å². The molecule has 2 heterocycles. The monoisotopic (exact) mass is 349 g/mol. The van der Waals surface area contributed by atoms with E-state index in [2.05, 4.69) is 15.6 Å². The first-order valence-corrected chi connectivity index (χ1v) is 8.02. The second-order valence-electron chi connectivity index (χ2n) is 5.68. The molecule has 3 aromatic rings. The molecule has 0 bridgehead atoms. The lowest BCUT2D eigenvalue weighted by Gasteiger charge is -2.09. The maximum atomic E-state index is 12.2. The number of fused-ring (bicyclic) bond motifs is 2. The summed E-state index contributed by atoms with van der Waals surface area (Å²) >= 11 is 0. The first kappa shape index (κ1) is 15.9. The number of carbonyl (C=O) groups excluding carboxylic acids is 2. The van der Waals surface area contributed by atoms with Gasteiger partial charge in [-0.2, -0.15) is 0 Å². The van der Waals surface area contributed by atoms with Gasteiger partial charge in [-0.05, 0) is 30.3 Å². The number of carbonyl (C=O) groups is 2. The molecular weight excluding hydrogens is 334 g/mol. The van der Waals surface area contributed by atoms with E-state index in [9.17, 15) is 9.59 Å². The molecule has 0 saturated carbocycles. The van der Waals surface area contributed by atoms with Crippen molar-refractivity contribution in [1.82, 2.24) is 10.3 Å². The number of amides is 2. The van der Waals surface area contributed by atoms with Crippen molar-refractivity contribution in [3.63, 3.8) is 0 Å². The van der Waals surface area contributed by atoms with Crippen molar-refractivity contribution < 1.29 is 19.1 Å². The molecule has 7 heteroatoms. The topological polar surface area (TPSA) is 89.6 Å². The molecule has 2 aromatic carbocycles. The molecule has 26 heavy (non-hydrogen) atoms. The summed E-state index contributed by atoms with van der Waals surface area (Å²) in [6, 6.07) is 14.1. The number of rotatable bonds is 4. The molecule has 4 rings (SSSR count). The van der Waals surface area contributed by atoms with Crippen LogP contribution in [0.25, 0.3) is 10.9 Å². The molecule has 1 aliphatic rings. The van der Waals surface area contributed by atoms with Crippen molar-refractivity contribution in [1.29, 1.82) is 0 Å². The number of hydrogen-bond acceptors (Lipinski definition) is 5. The molecule has 0 radical (unpaired) electrons. The summed E-state index contributed by atoms with van der Waals surface area (Å²) in [5.41, 5.74) is 1.70. The van der Waals surface area contributed by atoms with Crippen molar-refractivity contribution in [2.24, 2.45) is 0 Å². The minimum absolute atomic E-state index is 0.141. The summed E-state index contributed by atoms with van der Waals surface area (Å²) in [5, 5.41) is 6.29. The second-order valence-corrected chi connectivity index (χ2v) is 5.68. The average molecular weight is 349 g/mol. The zero-order chi connectivity index (χ0) is 17.9. The van der Waals surface area contributed by atoms with E-state index in [1.165, 1.54) is 0 Å². The Kier molecular flexibility index (Phi) is 4.10. The lowest BCUT2D eigenvalue weighted by atomic mass is 10.2. The van der Waals surface area contributed by atoms with Gasteiger partial charge in [-0.25, -0.2) is 0 Å². The number of aromatic nitrogens is 1. The number of pyridine rings is 1. The number of hydrogen-bond donors (Lipinski definition) is 2. The Morgan fingerprint density at radius 2 is 1.88 bits per heavy atom. The van der Waals surface area contributed by atoms with Crippen LogP contribution in [0.4, 0.5) is 5.69 Å². The molecule has 0 spiro atoms. The van der Waals surface area contributed by atoms with E-state index in [0.29, 0.717) is 28.3 Å². The van der Waals surface area contributed by atoms with Gasteiger partial charge in [0.2, 0.25) is 12.7 Å².